The third kappa shape index (κ3) is 3.13. The lowest BCUT2D eigenvalue weighted by molar-refractivity contribution is -0.138. The van der Waals surface area contributed by atoms with Gasteiger partial charge in [0, 0.05) is 31.4 Å². The molecule has 0 aliphatic carbocycles. The summed E-state index contributed by atoms with van der Waals surface area (Å²) in [6, 6.07) is 8.06. The van der Waals surface area contributed by atoms with Gasteiger partial charge in [0.25, 0.3) is 0 Å². The highest BCUT2D eigenvalue weighted by atomic mass is 16.2. The van der Waals surface area contributed by atoms with Crippen molar-refractivity contribution in [2.75, 3.05) is 13.1 Å². The molecule has 1 aliphatic rings. The third-order valence-electron chi connectivity index (χ3n) is 4.72. The van der Waals surface area contributed by atoms with Gasteiger partial charge in [-0.15, -0.1) is 0 Å². The Kier molecular flexibility index (Phi) is 4.83. The molecular weight excluding hydrogens is 304 g/mol. The van der Waals surface area contributed by atoms with Crippen LogP contribution in [0.1, 0.15) is 32.4 Å². The zero-order valence-electron chi connectivity index (χ0n) is 14.3. The van der Waals surface area contributed by atoms with Crippen LogP contribution in [0.2, 0.25) is 0 Å². The lowest BCUT2D eigenvalue weighted by Crippen LogP contribution is -2.45. The fourth-order valence-corrected chi connectivity index (χ4v) is 3.32. The summed E-state index contributed by atoms with van der Waals surface area (Å²) in [4.78, 5) is 26.0. The molecule has 2 amide bonds. The van der Waals surface area contributed by atoms with Crippen LogP contribution in [-0.2, 0) is 22.7 Å². The SMILES string of the molecule is CCN1C[C@H](C(=O)NCc2nn(CC)c3ccccc23)CCC1=O. The summed E-state index contributed by atoms with van der Waals surface area (Å²) in [5.41, 5.74) is 1.98. The summed E-state index contributed by atoms with van der Waals surface area (Å²) in [6.45, 7) is 6.40. The van der Waals surface area contributed by atoms with E-state index in [1.54, 1.807) is 4.90 Å². The molecule has 6 nitrogen and oxygen atoms in total. The number of para-hydroxylation sites is 1. The molecule has 1 aromatic carbocycles. The Labute approximate surface area is 141 Å². The molecule has 0 unspecified atom stereocenters. The van der Waals surface area contributed by atoms with Crippen LogP contribution >= 0.6 is 0 Å². The monoisotopic (exact) mass is 328 g/mol. The Balaban J connectivity index is 1.68. The van der Waals surface area contributed by atoms with E-state index in [-0.39, 0.29) is 17.7 Å². The van der Waals surface area contributed by atoms with Crippen molar-refractivity contribution in [2.24, 2.45) is 5.92 Å². The molecule has 0 spiro atoms. The number of carbonyl (C=O) groups excluding carboxylic acids is 2. The standard InChI is InChI=1S/C18H24N4O2/c1-3-21-12-13(9-10-17(21)23)18(24)19-11-15-14-7-5-6-8-16(14)22(4-2)20-15/h5-8,13H,3-4,9-12H2,1-2H3,(H,19,24)/t13-/m1/s1. The normalized spacial score (nSPS) is 18.2. The van der Waals surface area contributed by atoms with Crippen LogP contribution in [0, 0.1) is 5.92 Å². The molecule has 1 aliphatic heterocycles. The van der Waals surface area contributed by atoms with Gasteiger partial charge in [-0.1, -0.05) is 18.2 Å². The van der Waals surface area contributed by atoms with Gasteiger partial charge in [-0.05, 0) is 26.3 Å². The molecule has 0 radical (unpaired) electrons. The molecule has 1 fully saturated rings. The number of hydrogen-bond acceptors (Lipinski definition) is 3. The zero-order valence-corrected chi connectivity index (χ0v) is 14.3. The van der Waals surface area contributed by atoms with Crippen molar-refractivity contribution in [3.8, 4) is 0 Å². The minimum Gasteiger partial charge on any atom is -0.350 e. The van der Waals surface area contributed by atoms with Gasteiger partial charge in [-0.25, -0.2) is 0 Å². The second-order valence-corrected chi connectivity index (χ2v) is 6.17. The van der Waals surface area contributed by atoms with Gasteiger partial charge < -0.3 is 10.2 Å². The summed E-state index contributed by atoms with van der Waals surface area (Å²) >= 11 is 0. The Morgan fingerprint density at radius 1 is 1.29 bits per heavy atom. The van der Waals surface area contributed by atoms with Crippen molar-refractivity contribution < 1.29 is 9.59 Å². The highest BCUT2D eigenvalue weighted by Gasteiger charge is 2.29. The van der Waals surface area contributed by atoms with Gasteiger partial charge >= 0.3 is 0 Å². The summed E-state index contributed by atoms with van der Waals surface area (Å²) in [5, 5.41) is 8.69. The second kappa shape index (κ2) is 7.03. The van der Waals surface area contributed by atoms with Gasteiger partial charge in [0.1, 0.15) is 0 Å². The van der Waals surface area contributed by atoms with Crippen molar-refractivity contribution in [1.82, 2.24) is 20.0 Å². The molecule has 24 heavy (non-hydrogen) atoms. The fourth-order valence-electron chi connectivity index (χ4n) is 3.32. The van der Waals surface area contributed by atoms with E-state index in [0.717, 1.165) is 23.1 Å². The number of benzene rings is 1. The molecule has 1 N–H and O–H groups in total. The number of aryl methyl sites for hydroxylation is 1. The first-order valence-electron chi connectivity index (χ1n) is 8.64. The van der Waals surface area contributed by atoms with Crippen LogP contribution in [0.15, 0.2) is 24.3 Å². The molecule has 1 saturated heterocycles. The highest BCUT2D eigenvalue weighted by molar-refractivity contribution is 5.85. The molecule has 1 aromatic heterocycles. The average molecular weight is 328 g/mol. The lowest BCUT2D eigenvalue weighted by atomic mass is 9.96. The second-order valence-electron chi connectivity index (χ2n) is 6.17. The smallest absolute Gasteiger partial charge is 0.225 e. The molecule has 6 heteroatoms. The Morgan fingerprint density at radius 2 is 2.08 bits per heavy atom. The van der Waals surface area contributed by atoms with Crippen molar-refractivity contribution in [3.05, 3.63) is 30.0 Å². The maximum Gasteiger partial charge on any atom is 0.225 e. The zero-order chi connectivity index (χ0) is 17.1. The maximum atomic E-state index is 12.5. The van der Waals surface area contributed by atoms with Crippen LogP contribution in [-0.4, -0.2) is 39.6 Å². The van der Waals surface area contributed by atoms with Crippen molar-refractivity contribution in [1.29, 1.82) is 0 Å². The fraction of sp³-hybridized carbons (Fsp3) is 0.500. The number of fused-ring (bicyclic) bond motifs is 1. The topological polar surface area (TPSA) is 67.2 Å². The number of nitrogens with zero attached hydrogens (tertiary/aromatic N) is 3. The van der Waals surface area contributed by atoms with Crippen molar-refractivity contribution in [3.63, 3.8) is 0 Å². The summed E-state index contributed by atoms with van der Waals surface area (Å²) < 4.78 is 1.95. The first-order chi connectivity index (χ1) is 11.6. The molecule has 2 heterocycles. The lowest BCUT2D eigenvalue weighted by Gasteiger charge is -2.30. The average Bonchev–Trinajstić information content (AvgIpc) is 2.98. The molecule has 1 atom stereocenters. The molecule has 3 rings (SSSR count). The van der Waals surface area contributed by atoms with E-state index >= 15 is 0 Å². The van der Waals surface area contributed by atoms with Crippen LogP contribution in [0.5, 0.6) is 0 Å². The largest absolute Gasteiger partial charge is 0.350 e. The van der Waals surface area contributed by atoms with Crippen LogP contribution in [0.3, 0.4) is 0 Å². The molecule has 0 saturated carbocycles. The number of piperidine rings is 1. The van der Waals surface area contributed by atoms with Crippen LogP contribution < -0.4 is 5.32 Å². The van der Waals surface area contributed by atoms with Crippen molar-refractivity contribution >= 4 is 22.7 Å². The quantitative estimate of drug-likeness (QED) is 0.912. The number of rotatable bonds is 5. The third-order valence-corrected chi connectivity index (χ3v) is 4.72. The van der Waals surface area contributed by atoms with E-state index in [2.05, 4.69) is 17.3 Å². The highest BCUT2D eigenvalue weighted by Crippen LogP contribution is 2.20. The molecule has 0 bridgehead atoms. The van der Waals surface area contributed by atoms with E-state index in [9.17, 15) is 9.59 Å². The van der Waals surface area contributed by atoms with Crippen LogP contribution in [0.25, 0.3) is 10.9 Å². The van der Waals surface area contributed by atoms with E-state index < -0.39 is 0 Å². The Morgan fingerprint density at radius 3 is 2.83 bits per heavy atom. The van der Waals surface area contributed by atoms with Crippen molar-refractivity contribution in [2.45, 2.75) is 39.8 Å². The number of hydrogen-bond donors (Lipinski definition) is 1. The molecular formula is C18H24N4O2. The summed E-state index contributed by atoms with van der Waals surface area (Å²) in [7, 11) is 0. The predicted molar refractivity (Wildman–Crippen MR) is 92.2 cm³/mol. The molecule has 2 aromatic rings. The van der Waals surface area contributed by atoms with Gasteiger partial charge in [-0.3, -0.25) is 14.3 Å². The van der Waals surface area contributed by atoms with Gasteiger partial charge in [0.2, 0.25) is 11.8 Å². The van der Waals surface area contributed by atoms with E-state index in [4.69, 9.17) is 0 Å². The predicted octanol–water partition coefficient (Wildman–Crippen LogP) is 1.93. The van der Waals surface area contributed by atoms with Gasteiger partial charge in [0.05, 0.1) is 23.7 Å². The Bertz CT molecular complexity index is 753. The summed E-state index contributed by atoms with van der Waals surface area (Å²) in [6.07, 6.45) is 1.09. The number of aromatic nitrogens is 2. The first-order valence-corrected chi connectivity index (χ1v) is 8.64. The minimum atomic E-state index is -0.123. The van der Waals surface area contributed by atoms with E-state index in [0.29, 0.717) is 32.5 Å². The number of nitrogens with one attached hydrogen (secondary N) is 1. The molecule has 128 valence electrons. The first kappa shape index (κ1) is 16.5. The number of carbonyl (C=O) groups is 2. The van der Waals surface area contributed by atoms with Crippen LogP contribution in [0.4, 0.5) is 0 Å². The minimum absolute atomic E-state index is 0.0103. The summed E-state index contributed by atoms with van der Waals surface area (Å²) in [5.74, 6) is 0.0347. The maximum absolute atomic E-state index is 12.5. The van der Waals surface area contributed by atoms with Gasteiger partial charge in [0.15, 0.2) is 0 Å². The van der Waals surface area contributed by atoms with Gasteiger partial charge in [-0.2, -0.15) is 5.10 Å². The van der Waals surface area contributed by atoms with E-state index in [1.165, 1.54) is 0 Å². The number of likely N-dealkylation sites (tertiary alicyclic amines) is 1. The number of amides is 2. The van der Waals surface area contributed by atoms with E-state index in [1.807, 2.05) is 35.9 Å². The Hall–Kier alpha value is -2.37.